The van der Waals surface area contributed by atoms with Crippen LogP contribution in [0.15, 0.2) is 28.8 Å². The number of aryl methyl sites for hydroxylation is 1. The summed E-state index contributed by atoms with van der Waals surface area (Å²) in [5.74, 6) is 2.31. The van der Waals surface area contributed by atoms with Gasteiger partial charge in [-0.2, -0.15) is 4.98 Å². The van der Waals surface area contributed by atoms with Gasteiger partial charge in [0.1, 0.15) is 0 Å². The maximum atomic E-state index is 12.6. The molecule has 1 fully saturated rings. The van der Waals surface area contributed by atoms with Gasteiger partial charge >= 0.3 is 0 Å². The highest BCUT2D eigenvalue weighted by molar-refractivity contribution is 5.76. The second-order valence-corrected chi connectivity index (χ2v) is 7.89. The molecule has 0 aliphatic carbocycles. The number of aromatic nitrogens is 2. The van der Waals surface area contributed by atoms with Gasteiger partial charge in [-0.1, -0.05) is 50.2 Å². The molecule has 0 saturated carbocycles. The molecule has 3 rings (SSSR count). The molecule has 1 amide bonds. The maximum Gasteiger partial charge on any atom is 0.227 e. The molecule has 2 aromatic rings. The highest BCUT2D eigenvalue weighted by Crippen LogP contribution is 2.23. The first-order valence-electron chi connectivity index (χ1n) is 9.90. The van der Waals surface area contributed by atoms with Gasteiger partial charge in [0, 0.05) is 37.5 Å². The van der Waals surface area contributed by atoms with E-state index in [1.165, 1.54) is 5.56 Å². The summed E-state index contributed by atoms with van der Waals surface area (Å²) in [6.07, 6.45) is 2.86. The fraction of sp³-hybridized carbons (Fsp3) is 0.571. The molecular weight excluding hydrogens is 340 g/mol. The van der Waals surface area contributed by atoms with E-state index in [1.807, 2.05) is 17.0 Å². The minimum Gasteiger partial charge on any atom is -0.339 e. The quantitative estimate of drug-likeness (QED) is 0.842. The van der Waals surface area contributed by atoms with Gasteiger partial charge in [-0.15, -0.1) is 0 Å². The SMILES string of the molecule is CC1CCN(C(=O)CCc2nc(-c3ccc(C(C)C)cc3)no2)C(CN)C1. The standard InChI is InChI=1S/C21H30N4O2/c1-14(2)16-4-6-17(7-5-16)21-23-19(27-24-21)8-9-20(26)25-11-10-15(3)12-18(25)13-22/h4-7,14-15,18H,8-13,22H2,1-3H3. The molecule has 2 N–H and O–H groups in total. The smallest absolute Gasteiger partial charge is 0.227 e. The number of hydrogen-bond acceptors (Lipinski definition) is 5. The lowest BCUT2D eigenvalue weighted by atomic mass is 9.92. The van der Waals surface area contributed by atoms with Crippen molar-refractivity contribution in [2.75, 3.05) is 13.1 Å². The molecule has 0 bridgehead atoms. The molecule has 1 aromatic carbocycles. The van der Waals surface area contributed by atoms with Crippen molar-refractivity contribution in [2.45, 2.75) is 58.4 Å². The Kier molecular flexibility index (Phi) is 6.26. The summed E-state index contributed by atoms with van der Waals surface area (Å²) in [5, 5.41) is 4.06. The van der Waals surface area contributed by atoms with E-state index in [0.29, 0.717) is 42.9 Å². The lowest BCUT2D eigenvalue weighted by Crippen LogP contribution is -2.49. The molecule has 2 unspecified atom stereocenters. The van der Waals surface area contributed by atoms with Crippen molar-refractivity contribution in [1.29, 1.82) is 0 Å². The lowest BCUT2D eigenvalue weighted by Gasteiger charge is -2.38. The highest BCUT2D eigenvalue weighted by Gasteiger charge is 2.28. The number of carbonyl (C=O) groups excluding carboxylic acids is 1. The van der Waals surface area contributed by atoms with Crippen LogP contribution in [0.1, 0.15) is 57.4 Å². The lowest BCUT2D eigenvalue weighted by molar-refractivity contribution is -0.135. The Bertz CT molecular complexity index is 754. The number of nitrogens with two attached hydrogens (primary N) is 1. The van der Waals surface area contributed by atoms with Gasteiger partial charge in [0.2, 0.25) is 17.6 Å². The normalized spacial score (nSPS) is 20.3. The van der Waals surface area contributed by atoms with E-state index in [9.17, 15) is 4.79 Å². The van der Waals surface area contributed by atoms with Crippen molar-refractivity contribution in [1.82, 2.24) is 15.0 Å². The predicted molar refractivity (Wildman–Crippen MR) is 105 cm³/mol. The third kappa shape index (κ3) is 4.75. The van der Waals surface area contributed by atoms with E-state index in [0.717, 1.165) is 24.9 Å². The minimum atomic E-state index is 0.124. The monoisotopic (exact) mass is 370 g/mol. The van der Waals surface area contributed by atoms with Crippen LogP contribution in [0.2, 0.25) is 0 Å². The van der Waals surface area contributed by atoms with Gasteiger partial charge in [0.25, 0.3) is 0 Å². The molecule has 6 heteroatoms. The molecule has 1 saturated heterocycles. The highest BCUT2D eigenvalue weighted by atomic mass is 16.5. The van der Waals surface area contributed by atoms with Crippen LogP contribution in [0.25, 0.3) is 11.4 Å². The van der Waals surface area contributed by atoms with Crippen LogP contribution < -0.4 is 5.73 Å². The van der Waals surface area contributed by atoms with Gasteiger partial charge < -0.3 is 15.2 Å². The number of likely N-dealkylation sites (tertiary alicyclic amines) is 1. The number of rotatable bonds is 6. The zero-order chi connectivity index (χ0) is 19.4. The fourth-order valence-corrected chi connectivity index (χ4v) is 3.65. The van der Waals surface area contributed by atoms with Crippen LogP contribution in [-0.4, -0.2) is 40.1 Å². The minimum absolute atomic E-state index is 0.124. The number of amides is 1. The average molecular weight is 370 g/mol. The summed E-state index contributed by atoms with van der Waals surface area (Å²) in [6.45, 7) is 7.86. The second-order valence-electron chi connectivity index (χ2n) is 7.89. The van der Waals surface area contributed by atoms with Gasteiger partial charge in [-0.3, -0.25) is 4.79 Å². The molecule has 6 nitrogen and oxygen atoms in total. The summed E-state index contributed by atoms with van der Waals surface area (Å²) in [7, 11) is 0. The zero-order valence-corrected chi connectivity index (χ0v) is 16.5. The average Bonchev–Trinajstić information content (AvgIpc) is 3.15. The molecule has 0 spiro atoms. The third-order valence-corrected chi connectivity index (χ3v) is 5.43. The van der Waals surface area contributed by atoms with Crippen LogP contribution in [0.3, 0.4) is 0 Å². The van der Waals surface area contributed by atoms with Gasteiger partial charge in [0.15, 0.2) is 0 Å². The molecule has 1 aliphatic rings. The molecule has 1 aromatic heterocycles. The Morgan fingerprint density at radius 3 is 2.74 bits per heavy atom. The van der Waals surface area contributed by atoms with Crippen LogP contribution in [0.5, 0.6) is 0 Å². The van der Waals surface area contributed by atoms with Gasteiger partial charge in [-0.05, 0) is 30.2 Å². The fourth-order valence-electron chi connectivity index (χ4n) is 3.65. The van der Waals surface area contributed by atoms with E-state index >= 15 is 0 Å². The Balaban J connectivity index is 1.58. The summed E-state index contributed by atoms with van der Waals surface area (Å²) in [5.41, 5.74) is 8.06. The van der Waals surface area contributed by atoms with Crippen LogP contribution in [0, 0.1) is 5.92 Å². The van der Waals surface area contributed by atoms with Crippen LogP contribution >= 0.6 is 0 Å². The van der Waals surface area contributed by atoms with Crippen molar-refractivity contribution in [3.05, 3.63) is 35.7 Å². The van der Waals surface area contributed by atoms with Crippen LogP contribution in [-0.2, 0) is 11.2 Å². The maximum absolute atomic E-state index is 12.6. The van der Waals surface area contributed by atoms with E-state index in [1.54, 1.807) is 0 Å². The molecule has 2 heterocycles. The second kappa shape index (κ2) is 8.65. The van der Waals surface area contributed by atoms with Crippen molar-refractivity contribution >= 4 is 5.91 Å². The molecule has 0 radical (unpaired) electrons. The number of piperidine rings is 1. The largest absolute Gasteiger partial charge is 0.339 e. The van der Waals surface area contributed by atoms with E-state index < -0.39 is 0 Å². The summed E-state index contributed by atoms with van der Waals surface area (Å²) in [6, 6.07) is 8.35. The molecule has 146 valence electrons. The summed E-state index contributed by atoms with van der Waals surface area (Å²) >= 11 is 0. The van der Waals surface area contributed by atoms with E-state index in [2.05, 4.69) is 43.0 Å². The first kappa shape index (κ1) is 19.5. The molecule has 1 aliphatic heterocycles. The Hall–Kier alpha value is -2.21. The molecule has 27 heavy (non-hydrogen) atoms. The Morgan fingerprint density at radius 2 is 2.07 bits per heavy atom. The topological polar surface area (TPSA) is 85.2 Å². The number of hydrogen-bond donors (Lipinski definition) is 1. The van der Waals surface area contributed by atoms with Crippen molar-refractivity contribution in [3.63, 3.8) is 0 Å². The Morgan fingerprint density at radius 1 is 1.33 bits per heavy atom. The summed E-state index contributed by atoms with van der Waals surface area (Å²) in [4.78, 5) is 19.0. The number of benzene rings is 1. The molecule has 2 atom stereocenters. The number of carbonyl (C=O) groups is 1. The first-order chi connectivity index (χ1) is 13.0. The van der Waals surface area contributed by atoms with Crippen molar-refractivity contribution < 1.29 is 9.32 Å². The Labute approximate surface area is 161 Å². The number of nitrogens with zero attached hydrogens (tertiary/aromatic N) is 3. The van der Waals surface area contributed by atoms with Crippen molar-refractivity contribution in [3.8, 4) is 11.4 Å². The third-order valence-electron chi connectivity index (χ3n) is 5.43. The van der Waals surface area contributed by atoms with E-state index in [-0.39, 0.29) is 11.9 Å². The first-order valence-corrected chi connectivity index (χ1v) is 9.90. The van der Waals surface area contributed by atoms with Crippen LogP contribution in [0.4, 0.5) is 0 Å². The molecular formula is C21H30N4O2. The van der Waals surface area contributed by atoms with Gasteiger partial charge in [-0.25, -0.2) is 0 Å². The zero-order valence-electron chi connectivity index (χ0n) is 16.5. The van der Waals surface area contributed by atoms with Crippen molar-refractivity contribution in [2.24, 2.45) is 11.7 Å². The summed E-state index contributed by atoms with van der Waals surface area (Å²) < 4.78 is 5.35. The van der Waals surface area contributed by atoms with E-state index in [4.69, 9.17) is 10.3 Å². The predicted octanol–water partition coefficient (Wildman–Crippen LogP) is 3.38. The van der Waals surface area contributed by atoms with Gasteiger partial charge in [0.05, 0.1) is 0 Å².